The summed E-state index contributed by atoms with van der Waals surface area (Å²) in [4.78, 5) is 16.6. The summed E-state index contributed by atoms with van der Waals surface area (Å²) in [5, 5.41) is 0. The lowest BCUT2D eigenvalue weighted by atomic mass is 10.2. The molecule has 1 N–H and O–H groups in total. The predicted octanol–water partition coefficient (Wildman–Crippen LogP) is 2.85. The number of benzene rings is 2. The number of piperazine rings is 1. The van der Waals surface area contributed by atoms with Crippen LogP contribution in [-0.2, 0) is 14.8 Å². The van der Waals surface area contributed by atoms with Crippen LogP contribution >= 0.6 is 0 Å². The van der Waals surface area contributed by atoms with E-state index in [9.17, 15) is 13.2 Å². The summed E-state index contributed by atoms with van der Waals surface area (Å²) in [7, 11) is -3.60. The number of carbonyl (C=O) groups is 1. The van der Waals surface area contributed by atoms with Crippen molar-refractivity contribution in [1.29, 1.82) is 0 Å². The number of aryl methyl sites for hydroxylation is 1. The molecule has 6 nitrogen and oxygen atoms in total. The first-order valence-electron chi connectivity index (χ1n) is 9.66. The lowest BCUT2D eigenvalue weighted by molar-refractivity contribution is -0.132. The molecule has 1 aliphatic carbocycles. The number of nitrogens with zero attached hydrogens (tertiary/aromatic N) is 2. The second-order valence-electron chi connectivity index (χ2n) is 7.56. The molecule has 0 radical (unpaired) electrons. The molecule has 0 atom stereocenters. The second kappa shape index (κ2) is 7.47. The summed E-state index contributed by atoms with van der Waals surface area (Å²) in [6, 6.07) is 14.3. The molecule has 7 heteroatoms. The van der Waals surface area contributed by atoms with Crippen LogP contribution in [0.2, 0.25) is 0 Å². The molecule has 1 heterocycles. The van der Waals surface area contributed by atoms with Crippen molar-refractivity contribution >= 4 is 27.3 Å². The van der Waals surface area contributed by atoms with E-state index in [2.05, 4.69) is 9.62 Å². The van der Waals surface area contributed by atoms with Gasteiger partial charge in [-0.3, -0.25) is 9.52 Å². The molecule has 28 heavy (non-hydrogen) atoms. The first-order chi connectivity index (χ1) is 13.4. The summed E-state index contributed by atoms with van der Waals surface area (Å²) >= 11 is 0. The highest BCUT2D eigenvalue weighted by Gasteiger charge is 2.34. The molecule has 1 aliphatic heterocycles. The van der Waals surface area contributed by atoms with E-state index in [1.165, 1.54) is 0 Å². The van der Waals surface area contributed by atoms with Crippen LogP contribution in [0.15, 0.2) is 53.4 Å². The summed E-state index contributed by atoms with van der Waals surface area (Å²) in [5.41, 5.74) is 2.47. The maximum atomic E-state index is 12.5. The largest absolute Gasteiger partial charge is 0.368 e. The van der Waals surface area contributed by atoms with Gasteiger partial charge in [0.25, 0.3) is 10.0 Å². The molecule has 2 fully saturated rings. The number of hydrogen-bond donors (Lipinski definition) is 1. The van der Waals surface area contributed by atoms with Gasteiger partial charge in [0.15, 0.2) is 0 Å². The van der Waals surface area contributed by atoms with Gasteiger partial charge in [0.2, 0.25) is 5.91 Å². The summed E-state index contributed by atoms with van der Waals surface area (Å²) in [5.74, 6) is 0.577. The highest BCUT2D eigenvalue weighted by atomic mass is 32.2. The van der Waals surface area contributed by atoms with Crippen molar-refractivity contribution in [2.75, 3.05) is 35.8 Å². The Bertz CT molecular complexity index is 961. The molecule has 0 unspecified atom stereocenters. The zero-order valence-electron chi connectivity index (χ0n) is 16.0. The molecule has 2 aliphatic rings. The van der Waals surface area contributed by atoms with Gasteiger partial charge in [0.05, 0.1) is 4.90 Å². The van der Waals surface area contributed by atoms with Crippen LogP contribution in [0.4, 0.5) is 11.4 Å². The van der Waals surface area contributed by atoms with Crippen LogP contribution in [0, 0.1) is 12.8 Å². The quantitative estimate of drug-likeness (QED) is 0.839. The molecule has 148 valence electrons. The number of anilines is 2. The average molecular weight is 400 g/mol. The van der Waals surface area contributed by atoms with Crippen molar-refractivity contribution in [3.63, 3.8) is 0 Å². The lowest BCUT2D eigenvalue weighted by Crippen LogP contribution is -2.49. The molecule has 1 amide bonds. The first kappa shape index (κ1) is 18.8. The predicted molar refractivity (Wildman–Crippen MR) is 110 cm³/mol. The van der Waals surface area contributed by atoms with E-state index in [1.807, 2.05) is 30.0 Å². The molecule has 2 aromatic carbocycles. The van der Waals surface area contributed by atoms with Crippen molar-refractivity contribution in [1.82, 2.24) is 4.90 Å². The Morgan fingerprint density at radius 1 is 1.00 bits per heavy atom. The van der Waals surface area contributed by atoms with Crippen LogP contribution in [0.5, 0.6) is 0 Å². The summed E-state index contributed by atoms with van der Waals surface area (Å²) < 4.78 is 27.7. The van der Waals surface area contributed by atoms with Gasteiger partial charge in [-0.05, 0) is 61.7 Å². The van der Waals surface area contributed by atoms with E-state index in [0.717, 1.165) is 50.3 Å². The highest BCUT2D eigenvalue weighted by Crippen LogP contribution is 2.31. The van der Waals surface area contributed by atoms with Crippen molar-refractivity contribution in [2.24, 2.45) is 5.92 Å². The van der Waals surface area contributed by atoms with Gasteiger partial charge in [0, 0.05) is 43.5 Å². The Morgan fingerprint density at radius 2 is 1.68 bits per heavy atom. The van der Waals surface area contributed by atoms with Crippen molar-refractivity contribution in [3.8, 4) is 0 Å². The van der Waals surface area contributed by atoms with Crippen LogP contribution < -0.4 is 9.62 Å². The Morgan fingerprint density at radius 3 is 2.29 bits per heavy atom. The topological polar surface area (TPSA) is 69.7 Å². The molecular formula is C21H25N3O3S. The van der Waals surface area contributed by atoms with E-state index in [0.29, 0.717) is 11.6 Å². The van der Waals surface area contributed by atoms with Gasteiger partial charge in [-0.1, -0.05) is 12.1 Å². The maximum absolute atomic E-state index is 12.5. The first-order valence-corrected chi connectivity index (χ1v) is 11.1. The van der Waals surface area contributed by atoms with Gasteiger partial charge in [-0.25, -0.2) is 8.42 Å². The van der Waals surface area contributed by atoms with Crippen molar-refractivity contribution < 1.29 is 13.2 Å². The van der Waals surface area contributed by atoms with E-state index in [-0.39, 0.29) is 10.8 Å². The van der Waals surface area contributed by atoms with Gasteiger partial charge in [-0.15, -0.1) is 0 Å². The Balaban J connectivity index is 1.38. The minimum absolute atomic E-state index is 0.257. The molecular weight excluding hydrogens is 374 g/mol. The minimum Gasteiger partial charge on any atom is -0.368 e. The van der Waals surface area contributed by atoms with E-state index in [4.69, 9.17) is 0 Å². The van der Waals surface area contributed by atoms with Gasteiger partial charge in [-0.2, -0.15) is 0 Å². The number of rotatable bonds is 5. The van der Waals surface area contributed by atoms with Crippen LogP contribution in [-0.4, -0.2) is 45.4 Å². The van der Waals surface area contributed by atoms with Crippen LogP contribution in [0.25, 0.3) is 0 Å². The Labute approximate surface area is 166 Å². The normalized spacial score (nSPS) is 17.5. The van der Waals surface area contributed by atoms with Crippen LogP contribution in [0.1, 0.15) is 18.4 Å². The number of carbonyl (C=O) groups excluding carboxylic acids is 1. The Kier molecular flexibility index (Phi) is 5.02. The molecule has 0 bridgehead atoms. The average Bonchev–Trinajstić information content (AvgIpc) is 3.53. The SMILES string of the molecule is Cc1cccc(S(=O)(=O)Nc2ccc(N3CCN(C(=O)C4CC4)CC3)cc2)c1. The van der Waals surface area contributed by atoms with E-state index in [1.54, 1.807) is 30.3 Å². The van der Waals surface area contributed by atoms with E-state index < -0.39 is 10.0 Å². The summed E-state index contributed by atoms with van der Waals surface area (Å²) in [6.45, 7) is 4.96. The zero-order valence-corrected chi connectivity index (χ0v) is 16.8. The third-order valence-corrected chi connectivity index (χ3v) is 6.68. The standard InChI is InChI=1S/C21H25N3O3S/c1-16-3-2-4-20(15-16)28(26,27)22-18-7-9-19(10-8-18)23-11-13-24(14-12-23)21(25)17-5-6-17/h2-4,7-10,15,17,22H,5-6,11-14H2,1H3. The third-order valence-electron chi connectivity index (χ3n) is 5.30. The van der Waals surface area contributed by atoms with Gasteiger partial charge < -0.3 is 9.80 Å². The molecule has 1 saturated carbocycles. The number of sulfonamides is 1. The molecule has 2 aromatic rings. The highest BCUT2D eigenvalue weighted by molar-refractivity contribution is 7.92. The fraction of sp³-hybridized carbons (Fsp3) is 0.381. The second-order valence-corrected chi connectivity index (χ2v) is 9.24. The molecule has 4 rings (SSSR count). The number of amides is 1. The fourth-order valence-corrected chi connectivity index (χ4v) is 4.67. The molecule has 1 saturated heterocycles. The molecule has 0 spiro atoms. The third kappa shape index (κ3) is 4.14. The Hall–Kier alpha value is -2.54. The maximum Gasteiger partial charge on any atom is 0.261 e. The van der Waals surface area contributed by atoms with Crippen molar-refractivity contribution in [3.05, 3.63) is 54.1 Å². The minimum atomic E-state index is -3.60. The van der Waals surface area contributed by atoms with Crippen molar-refractivity contribution in [2.45, 2.75) is 24.7 Å². The van der Waals surface area contributed by atoms with Crippen LogP contribution in [0.3, 0.4) is 0 Å². The van der Waals surface area contributed by atoms with Gasteiger partial charge in [0.1, 0.15) is 0 Å². The number of nitrogens with one attached hydrogen (secondary N) is 1. The molecule has 0 aromatic heterocycles. The smallest absolute Gasteiger partial charge is 0.261 e. The lowest BCUT2D eigenvalue weighted by Gasteiger charge is -2.36. The van der Waals surface area contributed by atoms with Gasteiger partial charge >= 0.3 is 0 Å². The zero-order chi connectivity index (χ0) is 19.7. The number of hydrogen-bond acceptors (Lipinski definition) is 4. The van der Waals surface area contributed by atoms with E-state index >= 15 is 0 Å². The monoisotopic (exact) mass is 399 g/mol. The fourth-order valence-electron chi connectivity index (χ4n) is 3.51. The summed E-state index contributed by atoms with van der Waals surface area (Å²) in [6.07, 6.45) is 2.08.